The number of likely N-dealkylation sites (N-methyl/N-ethyl adjacent to an activating group) is 1. The van der Waals surface area contributed by atoms with E-state index in [0.717, 1.165) is 0 Å². The minimum atomic E-state index is -1.01. The lowest BCUT2D eigenvalue weighted by Gasteiger charge is -2.53. The number of nitrogens with zero attached hydrogens (tertiary/aromatic N) is 1. The van der Waals surface area contributed by atoms with Crippen molar-refractivity contribution in [3.05, 3.63) is 59.7 Å². The number of nitrogens with one attached hydrogen (secondary N) is 1. The Morgan fingerprint density at radius 1 is 0.941 bits per heavy atom. The van der Waals surface area contributed by atoms with Crippen LogP contribution in [-0.4, -0.2) is 53.7 Å². The van der Waals surface area contributed by atoms with Crippen LogP contribution in [0.4, 0.5) is 4.79 Å². The molecule has 7 heteroatoms. The van der Waals surface area contributed by atoms with E-state index in [4.69, 9.17) is 9.84 Å². The molecule has 0 atom stereocenters. The van der Waals surface area contributed by atoms with E-state index in [2.05, 4.69) is 29.6 Å². The number of fused-ring (bicyclic) bond motifs is 6. The highest BCUT2D eigenvalue weighted by atomic mass is 16.5. The number of rotatable bonds is 6. The summed E-state index contributed by atoms with van der Waals surface area (Å²) in [6.07, 6.45) is 3.64. The molecule has 4 aliphatic carbocycles. The van der Waals surface area contributed by atoms with Crippen molar-refractivity contribution in [1.29, 1.82) is 0 Å². The van der Waals surface area contributed by atoms with Crippen molar-refractivity contribution in [1.82, 2.24) is 10.2 Å². The summed E-state index contributed by atoms with van der Waals surface area (Å²) in [5, 5.41) is 12.1. The Kier molecular flexibility index (Phi) is 5.58. The first-order chi connectivity index (χ1) is 16.3. The molecular weight excluding hydrogens is 432 g/mol. The molecule has 0 aliphatic heterocycles. The van der Waals surface area contributed by atoms with Crippen LogP contribution in [0.3, 0.4) is 0 Å². The van der Waals surface area contributed by atoms with Crippen LogP contribution < -0.4 is 5.32 Å². The Morgan fingerprint density at radius 2 is 1.47 bits per heavy atom. The lowest BCUT2D eigenvalue weighted by molar-refractivity contribution is -0.153. The Morgan fingerprint density at radius 3 is 2.00 bits per heavy atom. The summed E-state index contributed by atoms with van der Waals surface area (Å²) in [7, 11) is 1.55. The van der Waals surface area contributed by atoms with Gasteiger partial charge < -0.3 is 20.1 Å². The normalized spacial score (nSPS) is 24.7. The van der Waals surface area contributed by atoms with Crippen LogP contribution in [0.15, 0.2) is 48.5 Å². The average Bonchev–Trinajstić information content (AvgIpc) is 3.16. The average molecular weight is 463 g/mol. The molecule has 2 bridgehead atoms. The van der Waals surface area contributed by atoms with Gasteiger partial charge >= 0.3 is 12.1 Å². The van der Waals surface area contributed by atoms with Gasteiger partial charge in [0, 0.05) is 23.9 Å². The fourth-order valence-electron chi connectivity index (χ4n) is 6.22. The van der Waals surface area contributed by atoms with Gasteiger partial charge in [0.25, 0.3) is 0 Å². The highest BCUT2D eigenvalue weighted by Crippen LogP contribution is 2.53. The first kappa shape index (κ1) is 22.4. The predicted octanol–water partition coefficient (Wildman–Crippen LogP) is 4.16. The maximum absolute atomic E-state index is 12.9. The van der Waals surface area contributed by atoms with Crippen molar-refractivity contribution >= 4 is 18.0 Å². The first-order valence-corrected chi connectivity index (χ1v) is 11.9. The largest absolute Gasteiger partial charge is 0.480 e. The summed E-state index contributed by atoms with van der Waals surface area (Å²) < 4.78 is 5.75. The van der Waals surface area contributed by atoms with E-state index in [0.29, 0.717) is 38.5 Å². The van der Waals surface area contributed by atoms with Crippen molar-refractivity contribution in [2.75, 3.05) is 20.2 Å². The zero-order chi connectivity index (χ0) is 23.9. The van der Waals surface area contributed by atoms with E-state index in [-0.39, 0.29) is 30.5 Å². The summed E-state index contributed by atoms with van der Waals surface area (Å²) in [6, 6.07) is 16.5. The Bertz CT molecular complexity index is 1070. The molecule has 2 N–H and O–H groups in total. The van der Waals surface area contributed by atoms with Gasteiger partial charge in [0.1, 0.15) is 13.2 Å². The van der Waals surface area contributed by atoms with Gasteiger partial charge in [-0.3, -0.25) is 9.59 Å². The van der Waals surface area contributed by atoms with Gasteiger partial charge in [0.2, 0.25) is 5.91 Å². The first-order valence-electron chi connectivity index (χ1n) is 11.9. The Balaban J connectivity index is 1.20. The number of carboxylic acids is 1. The van der Waals surface area contributed by atoms with Crippen LogP contribution in [0.2, 0.25) is 0 Å². The van der Waals surface area contributed by atoms with Crippen LogP contribution in [0.5, 0.6) is 0 Å². The number of carbonyl (C=O) groups excluding carboxylic acids is 2. The molecular formula is C27H30N2O5. The number of hydrogen-bond acceptors (Lipinski definition) is 4. The van der Waals surface area contributed by atoms with Gasteiger partial charge in [0.15, 0.2) is 0 Å². The topological polar surface area (TPSA) is 95.9 Å². The quantitative estimate of drug-likeness (QED) is 0.672. The summed E-state index contributed by atoms with van der Waals surface area (Å²) in [4.78, 5) is 38.1. The van der Waals surface area contributed by atoms with Crippen LogP contribution in [0.1, 0.15) is 55.6 Å². The van der Waals surface area contributed by atoms with Gasteiger partial charge in [-0.25, -0.2) is 4.79 Å². The Labute approximate surface area is 199 Å². The lowest BCUT2D eigenvalue weighted by atomic mass is 9.56. The fraction of sp³-hybridized carbons (Fsp3) is 0.444. The second-order valence-corrected chi connectivity index (χ2v) is 10.1. The van der Waals surface area contributed by atoms with Crippen molar-refractivity contribution in [3.63, 3.8) is 0 Å². The molecule has 2 amide bonds. The van der Waals surface area contributed by atoms with Crippen LogP contribution in [0.25, 0.3) is 11.1 Å². The molecule has 178 valence electrons. The highest BCUT2D eigenvalue weighted by Gasteiger charge is 2.54. The van der Waals surface area contributed by atoms with Gasteiger partial charge in [-0.1, -0.05) is 48.5 Å². The lowest BCUT2D eigenvalue weighted by Crippen LogP contribution is -2.60. The van der Waals surface area contributed by atoms with Crippen LogP contribution in [-0.2, 0) is 14.3 Å². The van der Waals surface area contributed by atoms with Crippen molar-refractivity contribution in [2.45, 2.75) is 50.0 Å². The molecule has 4 aliphatic rings. The third-order valence-electron chi connectivity index (χ3n) is 8.13. The SMILES string of the molecule is CN(CC(=O)O)C(=O)C12CCC(NC(=O)OCC3c4ccccc4-c4ccccc43)(CC1)CC2. The molecule has 2 aromatic rings. The van der Waals surface area contributed by atoms with Gasteiger partial charge in [-0.15, -0.1) is 0 Å². The number of carbonyl (C=O) groups is 3. The molecule has 0 heterocycles. The highest BCUT2D eigenvalue weighted by molar-refractivity contribution is 5.86. The van der Waals surface area contributed by atoms with Crippen molar-refractivity contribution < 1.29 is 24.2 Å². The monoisotopic (exact) mass is 462 g/mol. The zero-order valence-electron chi connectivity index (χ0n) is 19.4. The molecule has 0 spiro atoms. The smallest absolute Gasteiger partial charge is 0.407 e. The predicted molar refractivity (Wildman–Crippen MR) is 126 cm³/mol. The number of aliphatic carboxylic acids is 1. The van der Waals surface area contributed by atoms with E-state index in [1.807, 2.05) is 24.3 Å². The molecule has 3 fully saturated rings. The van der Waals surface area contributed by atoms with Crippen LogP contribution >= 0.6 is 0 Å². The molecule has 3 saturated carbocycles. The molecule has 2 aromatic carbocycles. The number of benzene rings is 2. The number of alkyl carbamates (subject to hydrolysis) is 1. The van der Waals surface area contributed by atoms with E-state index in [1.54, 1.807) is 7.05 Å². The molecule has 0 unspecified atom stereocenters. The molecule has 0 radical (unpaired) electrons. The molecule has 6 rings (SSSR count). The molecule has 0 aromatic heterocycles. The zero-order valence-corrected chi connectivity index (χ0v) is 19.4. The van der Waals surface area contributed by atoms with Crippen molar-refractivity contribution in [2.24, 2.45) is 5.41 Å². The van der Waals surface area contributed by atoms with Crippen LogP contribution in [0, 0.1) is 5.41 Å². The number of ether oxygens (including phenoxy) is 1. The number of carboxylic acid groups (broad SMARTS) is 1. The summed E-state index contributed by atoms with van der Waals surface area (Å²) >= 11 is 0. The van der Waals surface area contributed by atoms with Gasteiger partial charge in [0.05, 0.1) is 0 Å². The maximum atomic E-state index is 12.9. The summed E-state index contributed by atoms with van der Waals surface area (Å²) in [5.41, 5.74) is 3.89. The van der Waals surface area contributed by atoms with E-state index < -0.39 is 17.5 Å². The third-order valence-corrected chi connectivity index (χ3v) is 8.13. The molecule has 0 saturated heterocycles. The Hall–Kier alpha value is -3.35. The van der Waals surface area contributed by atoms with Gasteiger partial charge in [-0.2, -0.15) is 0 Å². The second-order valence-electron chi connectivity index (χ2n) is 10.1. The summed E-state index contributed by atoms with van der Waals surface area (Å²) in [5.74, 6) is -1.09. The van der Waals surface area contributed by atoms with Crippen molar-refractivity contribution in [3.8, 4) is 11.1 Å². The minimum absolute atomic E-state index is 0.0170. The van der Waals surface area contributed by atoms with E-state index >= 15 is 0 Å². The van der Waals surface area contributed by atoms with E-state index in [9.17, 15) is 14.4 Å². The second kappa shape index (κ2) is 8.46. The van der Waals surface area contributed by atoms with E-state index in [1.165, 1.54) is 27.2 Å². The number of amides is 2. The minimum Gasteiger partial charge on any atom is -0.480 e. The maximum Gasteiger partial charge on any atom is 0.407 e. The molecule has 7 nitrogen and oxygen atoms in total. The standard InChI is InChI=1S/C27H30N2O5/c1-29(16-23(30)31)24(32)26-10-13-27(14-11-26,15-12-26)28-25(33)34-17-22-20-8-4-2-6-18(20)19-7-3-5-9-21(19)22/h2-9,22H,10-17H2,1H3,(H,28,33)(H,30,31). The third kappa shape index (κ3) is 3.83. The van der Waals surface area contributed by atoms with Gasteiger partial charge in [-0.05, 0) is 60.8 Å². The number of hydrogen-bond donors (Lipinski definition) is 2. The fourth-order valence-corrected chi connectivity index (χ4v) is 6.22. The molecule has 34 heavy (non-hydrogen) atoms. The summed E-state index contributed by atoms with van der Waals surface area (Å²) in [6.45, 7) is -0.0118.